The SMILES string of the molecule is C=C/C=C(\C(C)=C(/C)NC(=C)C(=C)c1c(NC)ccc(C(/C=C(\C=C)NC(=C)Cc2ccccc2)=C/C)c1F)N1CCCCC1. The molecule has 3 N–H and O–H groups in total. The van der Waals surface area contributed by atoms with Gasteiger partial charge in [0.2, 0.25) is 0 Å². The number of nitrogens with zero attached hydrogens (tertiary/aromatic N) is 1. The summed E-state index contributed by atoms with van der Waals surface area (Å²) in [7, 11) is 1.77. The number of likely N-dealkylation sites (tertiary alicyclic amines) is 1. The van der Waals surface area contributed by atoms with Crippen molar-refractivity contribution in [3.63, 3.8) is 0 Å². The van der Waals surface area contributed by atoms with Crippen LogP contribution in [0.3, 0.4) is 0 Å². The van der Waals surface area contributed by atoms with E-state index in [2.05, 4.69) is 78.9 Å². The molecule has 0 unspecified atom stereocenters. The predicted octanol–water partition coefficient (Wildman–Crippen LogP) is 9.65. The first-order chi connectivity index (χ1) is 21.6. The lowest BCUT2D eigenvalue weighted by atomic mass is 9.94. The first-order valence-electron chi connectivity index (χ1n) is 15.6. The van der Waals surface area contributed by atoms with Crippen molar-refractivity contribution in [2.75, 3.05) is 25.5 Å². The maximum Gasteiger partial charge on any atom is 0.140 e. The van der Waals surface area contributed by atoms with Crippen LogP contribution < -0.4 is 16.0 Å². The molecule has 0 bridgehead atoms. The Morgan fingerprint density at radius 1 is 0.956 bits per heavy atom. The van der Waals surface area contributed by atoms with Crippen LogP contribution >= 0.6 is 0 Å². The Balaban J connectivity index is 1.89. The first kappa shape index (κ1) is 34.7. The molecule has 4 nitrogen and oxygen atoms in total. The van der Waals surface area contributed by atoms with Gasteiger partial charge in [-0.15, -0.1) is 0 Å². The quantitative estimate of drug-likeness (QED) is 0.177. The number of rotatable bonds is 15. The second-order valence-corrected chi connectivity index (χ2v) is 11.2. The molecule has 1 fully saturated rings. The highest BCUT2D eigenvalue weighted by atomic mass is 19.1. The Hall–Kier alpha value is -4.77. The summed E-state index contributed by atoms with van der Waals surface area (Å²) in [6.07, 6.45) is 13.6. The van der Waals surface area contributed by atoms with E-state index in [4.69, 9.17) is 0 Å². The average molecular weight is 605 g/mol. The molecule has 1 heterocycles. The molecule has 2 aromatic rings. The van der Waals surface area contributed by atoms with Gasteiger partial charge in [-0.05, 0) is 87.1 Å². The fraction of sp³-hybridized carbons (Fsp3) is 0.250. The second-order valence-electron chi connectivity index (χ2n) is 11.2. The molecule has 3 rings (SSSR count). The smallest absolute Gasteiger partial charge is 0.140 e. The Kier molecular flexibility index (Phi) is 13.0. The van der Waals surface area contributed by atoms with Gasteiger partial charge in [0.05, 0.1) is 0 Å². The second kappa shape index (κ2) is 16.9. The Labute approximate surface area is 270 Å². The van der Waals surface area contributed by atoms with Crippen LogP contribution in [-0.4, -0.2) is 25.0 Å². The number of piperidine rings is 1. The van der Waals surface area contributed by atoms with Crippen molar-refractivity contribution in [2.24, 2.45) is 0 Å². The van der Waals surface area contributed by atoms with Crippen LogP contribution in [0.25, 0.3) is 11.1 Å². The summed E-state index contributed by atoms with van der Waals surface area (Å²) < 4.78 is 16.5. The van der Waals surface area contributed by atoms with Gasteiger partial charge in [0, 0.05) is 77.4 Å². The summed E-state index contributed by atoms with van der Waals surface area (Å²) in [5, 5.41) is 9.87. The number of allylic oxidation sites excluding steroid dienone is 10. The normalized spacial score (nSPS) is 14.7. The van der Waals surface area contributed by atoms with Crippen LogP contribution in [0.1, 0.15) is 56.7 Å². The highest BCUT2D eigenvalue weighted by Gasteiger charge is 2.21. The van der Waals surface area contributed by atoms with Crippen LogP contribution in [0, 0.1) is 5.82 Å². The summed E-state index contributed by atoms with van der Waals surface area (Å²) in [6, 6.07) is 13.8. The van der Waals surface area contributed by atoms with E-state index < -0.39 is 0 Å². The summed E-state index contributed by atoms with van der Waals surface area (Å²) in [5.41, 5.74) is 8.97. The van der Waals surface area contributed by atoms with Gasteiger partial charge in [-0.2, -0.15) is 0 Å². The first-order valence-corrected chi connectivity index (χ1v) is 15.6. The van der Waals surface area contributed by atoms with Crippen molar-refractivity contribution >= 4 is 16.8 Å². The van der Waals surface area contributed by atoms with Gasteiger partial charge in [0.15, 0.2) is 0 Å². The zero-order chi connectivity index (χ0) is 32.9. The van der Waals surface area contributed by atoms with Crippen LogP contribution in [-0.2, 0) is 6.42 Å². The monoisotopic (exact) mass is 604 g/mol. The third-order valence-corrected chi connectivity index (χ3v) is 8.07. The Morgan fingerprint density at radius 3 is 2.24 bits per heavy atom. The van der Waals surface area contributed by atoms with Crippen molar-refractivity contribution < 1.29 is 4.39 Å². The topological polar surface area (TPSA) is 39.3 Å². The molecule has 236 valence electrons. The van der Waals surface area contributed by atoms with Gasteiger partial charge in [0.1, 0.15) is 5.82 Å². The molecule has 0 saturated carbocycles. The Bertz CT molecular complexity index is 1550. The third-order valence-electron chi connectivity index (χ3n) is 8.07. The lowest BCUT2D eigenvalue weighted by Crippen LogP contribution is -2.30. The minimum absolute atomic E-state index is 0.366. The highest BCUT2D eigenvalue weighted by Crippen LogP contribution is 2.35. The molecule has 45 heavy (non-hydrogen) atoms. The zero-order valence-electron chi connectivity index (χ0n) is 27.5. The van der Waals surface area contributed by atoms with Gasteiger partial charge >= 0.3 is 0 Å². The molecular weight excluding hydrogens is 555 g/mol. The molecule has 0 atom stereocenters. The number of benzene rings is 2. The third kappa shape index (κ3) is 9.12. The molecular formula is C40H49FN4. The standard InChI is InChI=1S/C40H49FN4/c1-10-19-38(45-24-17-14-18-25-45)29(5)31(7)44-32(8)30(6)39-37(42-9)23-22-36(40(39)41)34(11-2)27-35(12-3)43-28(4)26-33-20-15-13-16-21-33/h10-13,15-16,19-23,27,42-44H,1,3-4,6,8,14,17-18,24-26H2,2,5,7,9H3/b31-29+,34-11+,35-27+,38-19+. The molecule has 2 aromatic carbocycles. The van der Waals surface area contributed by atoms with E-state index >= 15 is 4.39 Å². The number of halogens is 1. The molecule has 5 heteroatoms. The van der Waals surface area contributed by atoms with Crippen LogP contribution in [0.4, 0.5) is 10.1 Å². The maximum atomic E-state index is 16.5. The molecule has 1 aliphatic heterocycles. The fourth-order valence-electron chi connectivity index (χ4n) is 5.48. The van der Waals surface area contributed by atoms with Crippen LogP contribution in [0.5, 0.6) is 0 Å². The minimum atomic E-state index is -0.385. The van der Waals surface area contributed by atoms with Crippen molar-refractivity contribution in [3.05, 3.63) is 162 Å². The van der Waals surface area contributed by atoms with Crippen molar-refractivity contribution in [1.29, 1.82) is 0 Å². The number of hydrogen-bond acceptors (Lipinski definition) is 4. The van der Waals surface area contributed by atoms with Crippen molar-refractivity contribution in [3.8, 4) is 0 Å². The molecule has 1 saturated heterocycles. The predicted molar refractivity (Wildman–Crippen MR) is 194 cm³/mol. The number of nitrogens with one attached hydrogen (secondary N) is 3. The zero-order valence-corrected chi connectivity index (χ0v) is 27.5. The van der Waals surface area contributed by atoms with Crippen LogP contribution in [0.2, 0.25) is 0 Å². The van der Waals surface area contributed by atoms with E-state index in [1.165, 1.54) is 19.3 Å². The van der Waals surface area contributed by atoms with Crippen molar-refractivity contribution in [1.82, 2.24) is 15.5 Å². The van der Waals surface area contributed by atoms with E-state index in [0.717, 1.165) is 47.0 Å². The minimum Gasteiger partial charge on any atom is -0.388 e. The van der Waals surface area contributed by atoms with Gasteiger partial charge in [-0.1, -0.05) is 75.4 Å². The van der Waals surface area contributed by atoms with Crippen molar-refractivity contribution in [2.45, 2.75) is 46.5 Å². The molecule has 0 aromatic heterocycles. The maximum absolute atomic E-state index is 16.5. The molecule has 0 radical (unpaired) electrons. The van der Waals surface area contributed by atoms with E-state index in [1.807, 2.05) is 56.3 Å². The van der Waals surface area contributed by atoms with E-state index in [1.54, 1.807) is 19.2 Å². The fourth-order valence-corrected chi connectivity index (χ4v) is 5.48. The van der Waals surface area contributed by atoms with E-state index in [0.29, 0.717) is 40.1 Å². The lowest BCUT2D eigenvalue weighted by molar-refractivity contribution is 0.289. The average Bonchev–Trinajstić information content (AvgIpc) is 3.05. The molecule has 0 aliphatic carbocycles. The summed E-state index contributed by atoms with van der Waals surface area (Å²) in [4.78, 5) is 2.40. The van der Waals surface area contributed by atoms with E-state index in [-0.39, 0.29) is 5.82 Å². The van der Waals surface area contributed by atoms with Gasteiger partial charge in [-0.3, -0.25) is 0 Å². The van der Waals surface area contributed by atoms with E-state index in [9.17, 15) is 0 Å². The molecule has 0 spiro atoms. The van der Waals surface area contributed by atoms with Gasteiger partial charge < -0.3 is 20.9 Å². The largest absolute Gasteiger partial charge is 0.388 e. The highest BCUT2D eigenvalue weighted by molar-refractivity contribution is 5.88. The van der Waals surface area contributed by atoms with Crippen LogP contribution in [0.15, 0.2) is 140 Å². The molecule has 0 amide bonds. The summed E-state index contributed by atoms with van der Waals surface area (Å²) >= 11 is 0. The number of hydrogen-bond donors (Lipinski definition) is 3. The number of anilines is 1. The van der Waals surface area contributed by atoms with Gasteiger partial charge in [-0.25, -0.2) is 4.39 Å². The Morgan fingerprint density at radius 2 is 1.64 bits per heavy atom. The summed E-state index contributed by atoms with van der Waals surface area (Å²) in [6.45, 7) is 28.6. The summed E-state index contributed by atoms with van der Waals surface area (Å²) in [5.74, 6) is -0.385. The van der Waals surface area contributed by atoms with Gasteiger partial charge in [0.25, 0.3) is 0 Å². The lowest BCUT2D eigenvalue weighted by Gasteiger charge is -2.32. The molecule has 1 aliphatic rings.